The average Bonchev–Trinajstić information content (AvgIpc) is 2.34. The highest BCUT2D eigenvalue weighted by Gasteiger charge is 2.28. The van der Waals surface area contributed by atoms with Gasteiger partial charge in [0.2, 0.25) is 0 Å². The molecular formula is C9H12N. The first kappa shape index (κ1) is 6.17. The highest BCUT2D eigenvalue weighted by molar-refractivity contribution is 5.15. The summed E-state index contributed by atoms with van der Waals surface area (Å²) in [6, 6.07) is 0.668. The molecule has 0 spiro atoms. The molecule has 2 unspecified atom stereocenters. The number of likely N-dealkylation sites (N-methyl/N-ethyl adjacent to an activating group) is 1. The normalized spacial score (nSPS) is 38.5. The van der Waals surface area contributed by atoms with E-state index in [0.29, 0.717) is 6.04 Å². The zero-order valence-corrected chi connectivity index (χ0v) is 6.25. The maximum absolute atomic E-state index is 3.14. The molecule has 2 aliphatic rings. The van der Waals surface area contributed by atoms with Gasteiger partial charge in [0.05, 0.1) is 0 Å². The Labute approximate surface area is 62.0 Å². The summed E-state index contributed by atoms with van der Waals surface area (Å²) in [5.74, 6) is 0.745. The summed E-state index contributed by atoms with van der Waals surface area (Å²) >= 11 is 0. The third kappa shape index (κ3) is 0.816. The Hall–Kier alpha value is -0.560. The zero-order chi connectivity index (χ0) is 6.97. The van der Waals surface area contributed by atoms with Gasteiger partial charge in [-0.2, -0.15) is 0 Å². The van der Waals surface area contributed by atoms with Crippen LogP contribution in [0.3, 0.4) is 0 Å². The number of fused-ring (bicyclic) bond motifs is 1. The van der Waals surface area contributed by atoms with Gasteiger partial charge in [-0.25, -0.2) is 0 Å². The molecule has 0 aromatic heterocycles. The largest absolute Gasteiger partial charge is 0.299 e. The standard InChI is InChI=1S/C9H12N/c1-10-7-6-8-4-2-3-5-9(8)10/h3-5,8-9H,6-7H2,1H3. The van der Waals surface area contributed by atoms with Gasteiger partial charge >= 0.3 is 0 Å². The third-order valence-electron chi connectivity index (χ3n) is 2.46. The van der Waals surface area contributed by atoms with E-state index in [4.69, 9.17) is 0 Å². The fourth-order valence-electron chi connectivity index (χ4n) is 1.80. The average molecular weight is 134 g/mol. The van der Waals surface area contributed by atoms with Crippen molar-refractivity contribution in [2.75, 3.05) is 13.6 Å². The van der Waals surface area contributed by atoms with Gasteiger partial charge in [-0.15, -0.1) is 0 Å². The van der Waals surface area contributed by atoms with Gasteiger partial charge < -0.3 is 0 Å². The molecule has 0 aromatic rings. The van der Waals surface area contributed by atoms with Gasteiger partial charge in [-0.05, 0) is 32.0 Å². The van der Waals surface area contributed by atoms with Crippen molar-refractivity contribution in [3.05, 3.63) is 24.3 Å². The first-order chi connectivity index (χ1) is 4.88. The van der Waals surface area contributed by atoms with Crippen molar-refractivity contribution in [1.82, 2.24) is 4.90 Å². The summed E-state index contributed by atoms with van der Waals surface area (Å²) in [6.07, 6.45) is 10.9. The summed E-state index contributed by atoms with van der Waals surface area (Å²) in [5.41, 5.74) is 0. The maximum atomic E-state index is 3.14. The number of rotatable bonds is 0. The number of nitrogens with zero attached hydrogens (tertiary/aromatic N) is 1. The van der Waals surface area contributed by atoms with Gasteiger partial charge in [0.15, 0.2) is 0 Å². The van der Waals surface area contributed by atoms with Crippen LogP contribution in [0.5, 0.6) is 0 Å². The molecule has 10 heavy (non-hydrogen) atoms. The summed E-state index contributed by atoms with van der Waals surface area (Å²) in [6.45, 7) is 1.23. The lowest BCUT2D eigenvalue weighted by atomic mass is 9.96. The van der Waals surface area contributed by atoms with Crippen molar-refractivity contribution >= 4 is 0 Å². The molecule has 0 amide bonds. The molecule has 0 N–H and O–H groups in total. The molecule has 0 saturated carbocycles. The van der Waals surface area contributed by atoms with Gasteiger partial charge in [0.25, 0.3) is 0 Å². The third-order valence-corrected chi connectivity index (χ3v) is 2.46. The molecule has 1 aliphatic heterocycles. The van der Waals surface area contributed by atoms with Crippen molar-refractivity contribution < 1.29 is 0 Å². The van der Waals surface area contributed by atoms with E-state index < -0.39 is 0 Å². The lowest BCUT2D eigenvalue weighted by Gasteiger charge is -2.20. The molecular weight excluding hydrogens is 122 g/mol. The summed E-state index contributed by atoms with van der Waals surface area (Å²) < 4.78 is 0. The first-order valence-electron chi connectivity index (χ1n) is 3.84. The van der Waals surface area contributed by atoms with Crippen LogP contribution in [-0.2, 0) is 0 Å². The molecule has 2 atom stereocenters. The van der Waals surface area contributed by atoms with Gasteiger partial charge in [-0.3, -0.25) is 4.90 Å². The highest BCUT2D eigenvalue weighted by Crippen LogP contribution is 2.26. The summed E-state index contributed by atoms with van der Waals surface area (Å²) in [5, 5.41) is 0. The molecule has 1 aliphatic carbocycles. The predicted molar refractivity (Wildman–Crippen MR) is 41.5 cm³/mol. The Morgan fingerprint density at radius 3 is 3.30 bits per heavy atom. The van der Waals surface area contributed by atoms with Crippen LogP contribution in [0.1, 0.15) is 6.42 Å². The Kier molecular flexibility index (Phi) is 1.38. The smallest absolute Gasteiger partial charge is 0.0342 e. The quantitative estimate of drug-likeness (QED) is 0.481. The molecule has 1 saturated heterocycles. The minimum atomic E-state index is 0.668. The monoisotopic (exact) mass is 134 g/mol. The summed E-state index contributed by atoms with van der Waals surface area (Å²) in [4.78, 5) is 2.40. The molecule has 1 heterocycles. The molecule has 53 valence electrons. The van der Waals surface area contributed by atoms with Crippen LogP contribution in [0.4, 0.5) is 0 Å². The minimum Gasteiger partial charge on any atom is -0.299 e. The van der Waals surface area contributed by atoms with Crippen LogP contribution in [0.2, 0.25) is 0 Å². The maximum Gasteiger partial charge on any atom is 0.0342 e. The van der Waals surface area contributed by atoms with E-state index in [1.54, 1.807) is 0 Å². The van der Waals surface area contributed by atoms with E-state index in [-0.39, 0.29) is 0 Å². The Morgan fingerprint density at radius 2 is 2.50 bits per heavy atom. The Balaban J connectivity index is 2.19. The second kappa shape index (κ2) is 2.24. The van der Waals surface area contributed by atoms with Gasteiger partial charge in [0.1, 0.15) is 0 Å². The fourth-order valence-corrected chi connectivity index (χ4v) is 1.80. The minimum absolute atomic E-state index is 0.668. The number of hydrogen-bond donors (Lipinski definition) is 0. The number of likely N-dealkylation sites (tertiary alicyclic amines) is 1. The first-order valence-corrected chi connectivity index (χ1v) is 3.84. The lowest BCUT2D eigenvalue weighted by molar-refractivity contribution is 0.338. The van der Waals surface area contributed by atoms with Gasteiger partial charge in [-0.1, -0.05) is 18.2 Å². The highest BCUT2D eigenvalue weighted by atomic mass is 15.1. The van der Waals surface area contributed by atoms with Crippen LogP contribution in [-0.4, -0.2) is 24.5 Å². The molecule has 2 rings (SSSR count). The predicted octanol–water partition coefficient (Wildman–Crippen LogP) is 1.24. The van der Waals surface area contributed by atoms with Crippen molar-refractivity contribution in [2.24, 2.45) is 5.92 Å². The van der Waals surface area contributed by atoms with Crippen molar-refractivity contribution in [1.29, 1.82) is 0 Å². The van der Waals surface area contributed by atoms with Crippen molar-refractivity contribution in [3.63, 3.8) is 0 Å². The Bertz CT molecular complexity index is 181. The topological polar surface area (TPSA) is 3.24 Å². The fraction of sp³-hybridized carbons (Fsp3) is 0.556. The van der Waals surface area contributed by atoms with E-state index >= 15 is 0 Å². The summed E-state index contributed by atoms with van der Waals surface area (Å²) in [7, 11) is 2.19. The Morgan fingerprint density at radius 1 is 1.60 bits per heavy atom. The van der Waals surface area contributed by atoms with E-state index in [1.807, 2.05) is 6.08 Å². The van der Waals surface area contributed by atoms with Crippen LogP contribution < -0.4 is 0 Å². The van der Waals surface area contributed by atoms with E-state index in [0.717, 1.165) is 5.92 Å². The van der Waals surface area contributed by atoms with Crippen molar-refractivity contribution in [3.8, 4) is 0 Å². The van der Waals surface area contributed by atoms with Crippen LogP contribution in [0.25, 0.3) is 0 Å². The van der Waals surface area contributed by atoms with E-state index in [2.05, 4.69) is 30.2 Å². The van der Waals surface area contributed by atoms with E-state index in [1.165, 1.54) is 13.0 Å². The molecule has 1 nitrogen and oxygen atoms in total. The SMILES string of the molecule is CN1CCC2C=[C]C=CC21. The zero-order valence-electron chi connectivity index (χ0n) is 6.25. The van der Waals surface area contributed by atoms with Crippen LogP contribution >= 0.6 is 0 Å². The molecule has 0 bridgehead atoms. The second-order valence-electron chi connectivity index (χ2n) is 3.12. The molecule has 0 aromatic carbocycles. The number of hydrogen-bond acceptors (Lipinski definition) is 1. The second-order valence-corrected chi connectivity index (χ2v) is 3.12. The van der Waals surface area contributed by atoms with Gasteiger partial charge in [0, 0.05) is 6.04 Å². The van der Waals surface area contributed by atoms with E-state index in [9.17, 15) is 0 Å². The number of allylic oxidation sites excluding steroid dienone is 2. The van der Waals surface area contributed by atoms with Crippen LogP contribution in [0, 0.1) is 12.0 Å². The molecule has 1 heteroatoms. The lowest BCUT2D eigenvalue weighted by Crippen LogP contribution is -2.27. The molecule has 1 radical (unpaired) electrons. The molecule has 1 fully saturated rings. The van der Waals surface area contributed by atoms with Crippen LogP contribution in [0.15, 0.2) is 18.2 Å². The van der Waals surface area contributed by atoms with Crippen molar-refractivity contribution in [2.45, 2.75) is 12.5 Å².